The zero-order valence-electron chi connectivity index (χ0n) is 18.1. The van der Waals surface area contributed by atoms with Crippen LogP contribution in [0.2, 0.25) is 0 Å². The summed E-state index contributed by atoms with van der Waals surface area (Å²) in [6.45, 7) is 0.442. The fraction of sp³-hybridized carbons (Fsp3) is 0.286. The minimum Gasteiger partial charge on any atom is -0.480 e. The van der Waals surface area contributed by atoms with Crippen molar-refractivity contribution in [2.24, 2.45) is 5.73 Å². The Labute approximate surface area is 193 Å². The third kappa shape index (κ3) is 6.32. The van der Waals surface area contributed by atoms with Crippen LogP contribution in [0.4, 0.5) is 11.6 Å². The van der Waals surface area contributed by atoms with Gasteiger partial charge in [0, 0.05) is 24.1 Å². The Morgan fingerprint density at radius 3 is 2.53 bits per heavy atom. The predicted octanol–water partition coefficient (Wildman–Crippen LogP) is -0.211. The van der Waals surface area contributed by atoms with Crippen LogP contribution in [-0.2, 0) is 16.1 Å². The molecule has 13 nitrogen and oxygen atoms in total. The van der Waals surface area contributed by atoms with Crippen molar-refractivity contribution in [2.75, 3.05) is 17.6 Å². The molecule has 1 aromatic carbocycles. The van der Waals surface area contributed by atoms with Gasteiger partial charge >= 0.3 is 5.97 Å². The zero-order valence-corrected chi connectivity index (χ0v) is 18.1. The molecule has 2 heterocycles. The van der Waals surface area contributed by atoms with E-state index in [9.17, 15) is 24.3 Å². The van der Waals surface area contributed by atoms with Crippen molar-refractivity contribution in [1.29, 1.82) is 0 Å². The highest BCUT2D eigenvalue weighted by Crippen LogP contribution is 2.12. The first-order valence-electron chi connectivity index (χ1n) is 10.4. The van der Waals surface area contributed by atoms with Gasteiger partial charge in [0.05, 0.1) is 18.4 Å². The number of amides is 1. The second-order valence-corrected chi connectivity index (χ2v) is 7.40. The highest BCUT2D eigenvalue weighted by Gasteiger charge is 2.21. The van der Waals surface area contributed by atoms with Crippen molar-refractivity contribution >= 4 is 40.5 Å². The number of carboxylic acids is 1. The van der Waals surface area contributed by atoms with E-state index in [0.717, 1.165) is 0 Å². The number of nitrogens with one attached hydrogen (secondary N) is 3. The van der Waals surface area contributed by atoms with E-state index in [2.05, 4.69) is 30.6 Å². The Bertz CT molecular complexity index is 1260. The molecule has 0 fully saturated rings. The first-order chi connectivity index (χ1) is 16.3. The lowest BCUT2D eigenvalue weighted by Gasteiger charge is -2.14. The lowest BCUT2D eigenvalue weighted by atomic mass is 10.1. The summed E-state index contributed by atoms with van der Waals surface area (Å²) in [4.78, 5) is 62.0. The highest BCUT2D eigenvalue weighted by atomic mass is 16.4. The molecule has 1 amide bonds. The molecule has 3 rings (SSSR count). The van der Waals surface area contributed by atoms with Crippen molar-refractivity contribution in [2.45, 2.75) is 31.8 Å². The van der Waals surface area contributed by atoms with Crippen molar-refractivity contribution in [3.63, 3.8) is 0 Å². The number of carboxylic acid groups (broad SMARTS) is 1. The molecule has 0 spiro atoms. The monoisotopic (exact) mass is 468 g/mol. The minimum atomic E-state index is -1.22. The van der Waals surface area contributed by atoms with E-state index in [1.807, 2.05) is 0 Å². The normalized spacial score (nSPS) is 11.7. The van der Waals surface area contributed by atoms with Gasteiger partial charge in [-0.3, -0.25) is 19.4 Å². The molecule has 1 atom stereocenters. The van der Waals surface area contributed by atoms with Gasteiger partial charge in [-0.15, -0.1) is 0 Å². The van der Waals surface area contributed by atoms with Crippen LogP contribution < -0.4 is 27.7 Å². The fourth-order valence-corrected chi connectivity index (χ4v) is 3.08. The SMILES string of the molecule is NCCC(=O)CCC(NC(=O)c1ccc(NCc2cnc3nc(N)[nH]c(=O)c3n2)cc1)C(=O)O. The largest absolute Gasteiger partial charge is 0.480 e. The predicted molar refractivity (Wildman–Crippen MR) is 123 cm³/mol. The number of aliphatic carboxylic acids is 1. The van der Waals surface area contributed by atoms with E-state index in [0.29, 0.717) is 11.4 Å². The number of carbonyl (C=O) groups is 3. The number of benzene rings is 1. The number of anilines is 2. The van der Waals surface area contributed by atoms with E-state index < -0.39 is 23.5 Å². The average molecular weight is 468 g/mol. The number of aromatic amines is 1. The van der Waals surface area contributed by atoms with Gasteiger partial charge in [0.2, 0.25) is 5.95 Å². The van der Waals surface area contributed by atoms with Crippen LogP contribution >= 0.6 is 0 Å². The lowest BCUT2D eigenvalue weighted by Crippen LogP contribution is -2.41. The first-order valence-corrected chi connectivity index (χ1v) is 10.4. The number of rotatable bonds is 11. The van der Waals surface area contributed by atoms with Crippen LogP contribution in [0.15, 0.2) is 35.3 Å². The maximum atomic E-state index is 12.4. The first kappa shape index (κ1) is 24.3. The summed E-state index contributed by atoms with van der Waals surface area (Å²) in [6.07, 6.45) is 1.64. The van der Waals surface area contributed by atoms with Gasteiger partial charge in [-0.1, -0.05) is 0 Å². The number of hydrogen-bond acceptors (Lipinski definition) is 10. The number of H-pyrrole nitrogens is 1. The summed E-state index contributed by atoms with van der Waals surface area (Å²) in [6, 6.07) is 5.14. The number of aromatic nitrogens is 4. The molecule has 13 heteroatoms. The number of nitrogen functional groups attached to an aromatic ring is 1. The van der Waals surface area contributed by atoms with Crippen molar-refractivity contribution < 1.29 is 19.5 Å². The van der Waals surface area contributed by atoms with Crippen LogP contribution in [0.3, 0.4) is 0 Å². The molecule has 0 saturated heterocycles. The zero-order chi connectivity index (χ0) is 24.7. The molecule has 1 unspecified atom stereocenters. The molecule has 2 aromatic heterocycles. The highest BCUT2D eigenvalue weighted by molar-refractivity contribution is 5.97. The molecule has 0 radical (unpaired) electrons. The number of carbonyl (C=O) groups excluding carboxylic acids is 2. The molecule has 0 bridgehead atoms. The van der Waals surface area contributed by atoms with Gasteiger partial charge < -0.3 is 27.2 Å². The van der Waals surface area contributed by atoms with E-state index in [-0.39, 0.29) is 60.8 Å². The second-order valence-electron chi connectivity index (χ2n) is 7.40. The van der Waals surface area contributed by atoms with Gasteiger partial charge in [0.15, 0.2) is 11.2 Å². The van der Waals surface area contributed by atoms with Gasteiger partial charge in [-0.25, -0.2) is 14.8 Å². The van der Waals surface area contributed by atoms with E-state index in [1.54, 1.807) is 12.1 Å². The molecule has 8 N–H and O–H groups in total. The molecule has 0 aliphatic heterocycles. The molecule has 34 heavy (non-hydrogen) atoms. The number of Topliss-reactive ketones (excluding diaryl/α,β-unsaturated/α-hetero) is 1. The van der Waals surface area contributed by atoms with Crippen molar-refractivity contribution in [1.82, 2.24) is 25.3 Å². The molecule has 178 valence electrons. The third-order valence-electron chi connectivity index (χ3n) is 4.85. The topological polar surface area (TPSA) is 219 Å². The quantitative estimate of drug-likeness (QED) is 0.216. The Balaban J connectivity index is 1.59. The lowest BCUT2D eigenvalue weighted by molar-refractivity contribution is -0.139. The Morgan fingerprint density at radius 1 is 1.12 bits per heavy atom. The van der Waals surface area contributed by atoms with Gasteiger partial charge in [0.1, 0.15) is 11.8 Å². The summed E-state index contributed by atoms with van der Waals surface area (Å²) in [5, 5.41) is 14.8. The van der Waals surface area contributed by atoms with Gasteiger partial charge in [0.25, 0.3) is 11.5 Å². The van der Waals surface area contributed by atoms with Crippen molar-refractivity contribution in [3.8, 4) is 0 Å². The van der Waals surface area contributed by atoms with Crippen LogP contribution in [0.1, 0.15) is 35.3 Å². The van der Waals surface area contributed by atoms with Crippen LogP contribution in [-0.4, -0.2) is 55.3 Å². The maximum Gasteiger partial charge on any atom is 0.326 e. The van der Waals surface area contributed by atoms with Crippen LogP contribution in [0, 0.1) is 0 Å². The summed E-state index contributed by atoms with van der Waals surface area (Å²) in [5.74, 6) is -1.99. The minimum absolute atomic E-state index is 0.0166. The number of nitrogens with two attached hydrogens (primary N) is 2. The molecular weight excluding hydrogens is 444 g/mol. The fourth-order valence-electron chi connectivity index (χ4n) is 3.08. The Morgan fingerprint density at radius 2 is 1.85 bits per heavy atom. The maximum absolute atomic E-state index is 12.4. The number of nitrogens with zero attached hydrogens (tertiary/aromatic N) is 3. The summed E-state index contributed by atoms with van der Waals surface area (Å²) < 4.78 is 0. The van der Waals surface area contributed by atoms with Crippen molar-refractivity contribution in [3.05, 3.63) is 52.1 Å². The second kappa shape index (κ2) is 11.0. The molecule has 0 aliphatic rings. The van der Waals surface area contributed by atoms with Gasteiger partial charge in [-0.2, -0.15) is 4.98 Å². The summed E-state index contributed by atoms with van der Waals surface area (Å²) >= 11 is 0. The molecular formula is C21H24N8O5. The van der Waals surface area contributed by atoms with Crippen LogP contribution in [0.5, 0.6) is 0 Å². The average Bonchev–Trinajstić information content (AvgIpc) is 2.80. The number of fused-ring (bicyclic) bond motifs is 1. The Hall–Kier alpha value is -4.39. The molecule has 3 aromatic rings. The Kier molecular flexibility index (Phi) is 7.82. The van der Waals surface area contributed by atoms with Crippen LogP contribution in [0.25, 0.3) is 11.2 Å². The van der Waals surface area contributed by atoms with E-state index in [4.69, 9.17) is 11.5 Å². The molecule has 0 aliphatic carbocycles. The van der Waals surface area contributed by atoms with E-state index >= 15 is 0 Å². The number of ketones is 1. The van der Waals surface area contributed by atoms with E-state index in [1.165, 1.54) is 18.3 Å². The summed E-state index contributed by atoms with van der Waals surface area (Å²) in [7, 11) is 0. The third-order valence-corrected chi connectivity index (χ3v) is 4.85. The number of hydrogen-bond donors (Lipinski definition) is 6. The standard InChI is InChI=1S/C21H24N8O5/c22-8-7-14(30)5-6-15(20(33)34)27-18(31)11-1-3-12(4-2-11)24-9-13-10-25-17-16(26-13)19(32)29-21(23)28-17/h1-4,10,15,24H,5-9,22H2,(H,27,31)(H,33,34)(H3,23,25,28,29,32). The molecule has 0 saturated carbocycles. The van der Waals surface area contributed by atoms with Gasteiger partial charge in [-0.05, 0) is 37.2 Å². The summed E-state index contributed by atoms with van der Waals surface area (Å²) in [5.41, 5.74) is 11.9. The smallest absolute Gasteiger partial charge is 0.326 e.